The van der Waals surface area contributed by atoms with Crippen molar-refractivity contribution in [1.29, 1.82) is 0 Å². The van der Waals surface area contributed by atoms with Crippen LogP contribution in [0.1, 0.15) is 17.2 Å². The standard InChI is InChI=1S/C13H10ClFO/c14-12-4-2-1-3-11(12)13(16)9-5-7-10(15)8-6-9/h1-8,13,16H. The van der Waals surface area contributed by atoms with Crippen molar-refractivity contribution in [2.24, 2.45) is 0 Å². The Balaban J connectivity index is 2.35. The third-order valence-corrected chi connectivity index (χ3v) is 2.73. The van der Waals surface area contributed by atoms with E-state index < -0.39 is 6.10 Å². The van der Waals surface area contributed by atoms with Crippen LogP contribution in [0.15, 0.2) is 48.5 Å². The van der Waals surface area contributed by atoms with E-state index in [0.717, 1.165) is 0 Å². The minimum absolute atomic E-state index is 0.324. The van der Waals surface area contributed by atoms with Crippen LogP contribution in [-0.2, 0) is 0 Å². The third kappa shape index (κ3) is 2.23. The van der Waals surface area contributed by atoms with Crippen molar-refractivity contribution in [3.63, 3.8) is 0 Å². The number of hydrogen-bond acceptors (Lipinski definition) is 1. The lowest BCUT2D eigenvalue weighted by molar-refractivity contribution is 0.220. The zero-order valence-corrected chi connectivity index (χ0v) is 9.16. The minimum atomic E-state index is -0.825. The number of halogens is 2. The Hall–Kier alpha value is -1.38. The summed E-state index contributed by atoms with van der Waals surface area (Å²) in [5.41, 5.74) is 1.24. The van der Waals surface area contributed by atoms with Gasteiger partial charge in [0.2, 0.25) is 0 Å². The molecule has 1 N–H and O–H groups in total. The van der Waals surface area contributed by atoms with Crippen molar-refractivity contribution in [2.75, 3.05) is 0 Å². The molecule has 0 fully saturated rings. The van der Waals surface area contributed by atoms with E-state index in [1.807, 2.05) is 0 Å². The summed E-state index contributed by atoms with van der Waals surface area (Å²) in [6.45, 7) is 0. The first-order chi connectivity index (χ1) is 7.68. The van der Waals surface area contributed by atoms with E-state index in [4.69, 9.17) is 11.6 Å². The average Bonchev–Trinajstić information content (AvgIpc) is 2.30. The van der Waals surface area contributed by atoms with E-state index >= 15 is 0 Å². The van der Waals surface area contributed by atoms with Crippen molar-refractivity contribution in [3.8, 4) is 0 Å². The molecule has 2 aromatic rings. The van der Waals surface area contributed by atoms with Gasteiger partial charge in [0, 0.05) is 10.6 Å². The summed E-state index contributed by atoms with van der Waals surface area (Å²) in [7, 11) is 0. The highest BCUT2D eigenvalue weighted by Gasteiger charge is 2.12. The van der Waals surface area contributed by atoms with Crippen LogP contribution in [0.25, 0.3) is 0 Å². The normalized spacial score (nSPS) is 12.4. The molecule has 0 heterocycles. The molecule has 3 heteroatoms. The summed E-state index contributed by atoms with van der Waals surface area (Å²) in [6.07, 6.45) is -0.825. The van der Waals surface area contributed by atoms with E-state index in [1.165, 1.54) is 12.1 Å². The highest BCUT2D eigenvalue weighted by molar-refractivity contribution is 6.31. The monoisotopic (exact) mass is 236 g/mol. The Morgan fingerprint density at radius 2 is 1.62 bits per heavy atom. The quantitative estimate of drug-likeness (QED) is 0.845. The van der Waals surface area contributed by atoms with Gasteiger partial charge in [0.15, 0.2) is 0 Å². The Bertz CT molecular complexity index is 482. The lowest BCUT2D eigenvalue weighted by atomic mass is 10.0. The average molecular weight is 237 g/mol. The molecule has 0 amide bonds. The van der Waals surface area contributed by atoms with Gasteiger partial charge in [-0.1, -0.05) is 41.9 Å². The third-order valence-electron chi connectivity index (χ3n) is 2.39. The highest BCUT2D eigenvalue weighted by Crippen LogP contribution is 2.27. The van der Waals surface area contributed by atoms with Gasteiger partial charge in [-0.15, -0.1) is 0 Å². The van der Waals surface area contributed by atoms with E-state index in [9.17, 15) is 9.50 Å². The van der Waals surface area contributed by atoms with Crippen LogP contribution in [0.5, 0.6) is 0 Å². The molecule has 0 aliphatic carbocycles. The second-order valence-electron chi connectivity index (χ2n) is 3.48. The minimum Gasteiger partial charge on any atom is -0.384 e. The fraction of sp³-hybridized carbons (Fsp3) is 0.0769. The molecule has 0 saturated heterocycles. The second-order valence-corrected chi connectivity index (χ2v) is 3.88. The van der Waals surface area contributed by atoms with Crippen molar-refractivity contribution in [3.05, 3.63) is 70.5 Å². The molecule has 1 nitrogen and oxygen atoms in total. The Kier molecular flexibility index (Phi) is 3.22. The number of hydrogen-bond donors (Lipinski definition) is 1. The molecule has 2 aromatic carbocycles. The fourth-order valence-electron chi connectivity index (χ4n) is 1.52. The maximum Gasteiger partial charge on any atom is 0.123 e. The Morgan fingerprint density at radius 3 is 2.25 bits per heavy atom. The molecule has 2 rings (SSSR count). The summed E-state index contributed by atoms with van der Waals surface area (Å²) in [5, 5.41) is 10.6. The predicted molar refractivity (Wildman–Crippen MR) is 61.9 cm³/mol. The lowest BCUT2D eigenvalue weighted by Gasteiger charge is -2.12. The van der Waals surface area contributed by atoms with Crippen molar-refractivity contribution < 1.29 is 9.50 Å². The molecule has 0 aliphatic heterocycles. The molecule has 0 aromatic heterocycles. The maximum absolute atomic E-state index is 12.7. The van der Waals surface area contributed by atoms with Gasteiger partial charge in [-0.05, 0) is 23.8 Å². The van der Waals surface area contributed by atoms with Gasteiger partial charge in [0.05, 0.1) is 0 Å². The topological polar surface area (TPSA) is 20.2 Å². The van der Waals surface area contributed by atoms with E-state index in [1.54, 1.807) is 36.4 Å². The summed E-state index contributed by atoms with van der Waals surface area (Å²) in [5.74, 6) is -0.324. The van der Waals surface area contributed by atoms with Gasteiger partial charge in [0.1, 0.15) is 11.9 Å². The van der Waals surface area contributed by atoms with Gasteiger partial charge in [-0.2, -0.15) is 0 Å². The molecular weight excluding hydrogens is 227 g/mol. The zero-order chi connectivity index (χ0) is 11.5. The summed E-state index contributed by atoms with van der Waals surface area (Å²) < 4.78 is 12.7. The van der Waals surface area contributed by atoms with Crippen LogP contribution in [0.3, 0.4) is 0 Å². The molecule has 0 radical (unpaired) electrons. The van der Waals surface area contributed by atoms with Crippen molar-refractivity contribution in [2.45, 2.75) is 6.10 Å². The van der Waals surface area contributed by atoms with Crippen molar-refractivity contribution in [1.82, 2.24) is 0 Å². The Labute approximate surface area is 98.1 Å². The summed E-state index contributed by atoms with van der Waals surface area (Å²) in [6, 6.07) is 12.8. The largest absolute Gasteiger partial charge is 0.384 e. The molecule has 0 spiro atoms. The SMILES string of the molecule is OC(c1ccc(F)cc1)c1ccccc1Cl. The van der Waals surface area contributed by atoms with E-state index in [0.29, 0.717) is 16.1 Å². The van der Waals surface area contributed by atoms with Gasteiger partial charge in [0.25, 0.3) is 0 Å². The van der Waals surface area contributed by atoms with Crippen molar-refractivity contribution >= 4 is 11.6 Å². The Morgan fingerprint density at radius 1 is 1.00 bits per heavy atom. The molecule has 16 heavy (non-hydrogen) atoms. The first-order valence-electron chi connectivity index (χ1n) is 4.86. The van der Waals surface area contributed by atoms with Crippen LogP contribution in [-0.4, -0.2) is 5.11 Å². The number of aliphatic hydroxyl groups excluding tert-OH is 1. The smallest absolute Gasteiger partial charge is 0.123 e. The van der Waals surface area contributed by atoms with Gasteiger partial charge < -0.3 is 5.11 Å². The number of rotatable bonds is 2. The zero-order valence-electron chi connectivity index (χ0n) is 8.40. The highest BCUT2D eigenvalue weighted by atomic mass is 35.5. The molecule has 82 valence electrons. The summed E-state index contributed by atoms with van der Waals surface area (Å²) in [4.78, 5) is 0. The van der Waals surface area contributed by atoms with Crippen LogP contribution in [0.4, 0.5) is 4.39 Å². The number of benzene rings is 2. The van der Waals surface area contributed by atoms with Gasteiger partial charge in [-0.3, -0.25) is 0 Å². The molecule has 0 saturated carbocycles. The van der Waals surface area contributed by atoms with Gasteiger partial charge >= 0.3 is 0 Å². The van der Waals surface area contributed by atoms with Gasteiger partial charge in [-0.25, -0.2) is 4.39 Å². The van der Waals surface area contributed by atoms with E-state index in [-0.39, 0.29) is 5.82 Å². The second kappa shape index (κ2) is 4.64. The van der Waals surface area contributed by atoms with Crippen LogP contribution in [0.2, 0.25) is 5.02 Å². The van der Waals surface area contributed by atoms with Crippen LogP contribution in [0, 0.1) is 5.82 Å². The first-order valence-corrected chi connectivity index (χ1v) is 5.24. The maximum atomic E-state index is 12.7. The van der Waals surface area contributed by atoms with Crippen LogP contribution >= 0.6 is 11.6 Å². The van der Waals surface area contributed by atoms with E-state index in [2.05, 4.69) is 0 Å². The first kappa shape index (κ1) is 11.1. The number of aliphatic hydroxyl groups is 1. The summed E-state index contributed by atoms with van der Waals surface area (Å²) >= 11 is 5.97. The predicted octanol–water partition coefficient (Wildman–Crippen LogP) is 3.56. The molecule has 0 bridgehead atoms. The lowest BCUT2D eigenvalue weighted by Crippen LogP contribution is -2.00. The molecule has 1 unspecified atom stereocenters. The molecular formula is C13H10ClFO. The van der Waals surface area contributed by atoms with Crippen LogP contribution < -0.4 is 0 Å². The molecule has 0 aliphatic rings. The fourth-order valence-corrected chi connectivity index (χ4v) is 1.76. The molecule has 1 atom stereocenters.